The number of amides is 1. The lowest BCUT2D eigenvalue weighted by Crippen LogP contribution is -2.27. The molecule has 0 atom stereocenters. The highest BCUT2D eigenvalue weighted by Crippen LogP contribution is 2.25. The topological polar surface area (TPSA) is 59.8 Å². The molecule has 1 heterocycles. The SMILES string of the molecule is C=CCn1c(SCC(=O)NC2CC2)nnc1-c1ccc(C)cc1. The van der Waals surface area contributed by atoms with Crippen molar-refractivity contribution in [3.63, 3.8) is 0 Å². The normalized spacial score (nSPS) is 13.8. The molecule has 0 radical (unpaired) electrons. The second-order valence-electron chi connectivity index (χ2n) is 5.70. The molecule has 1 fully saturated rings. The van der Waals surface area contributed by atoms with Gasteiger partial charge in [-0.3, -0.25) is 9.36 Å². The average Bonchev–Trinajstić information content (AvgIpc) is 3.26. The summed E-state index contributed by atoms with van der Waals surface area (Å²) in [6.07, 6.45) is 4.01. The van der Waals surface area contributed by atoms with Crippen molar-refractivity contribution in [3.05, 3.63) is 42.5 Å². The molecule has 1 aliphatic rings. The van der Waals surface area contributed by atoms with Gasteiger partial charge in [0.2, 0.25) is 5.91 Å². The highest BCUT2D eigenvalue weighted by molar-refractivity contribution is 7.99. The molecule has 1 aromatic heterocycles. The second-order valence-corrected chi connectivity index (χ2v) is 6.64. The van der Waals surface area contributed by atoms with Gasteiger partial charge in [0, 0.05) is 18.2 Å². The Hall–Kier alpha value is -2.08. The molecule has 6 heteroatoms. The largest absolute Gasteiger partial charge is 0.353 e. The fraction of sp³-hybridized carbons (Fsp3) is 0.353. The fourth-order valence-corrected chi connectivity index (χ4v) is 2.99. The Morgan fingerprint density at radius 2 is 2.13 bits per heavy atom. The third-order valence-electron chi connectivity index (χ3n) is 3.61. The molecule has 1 amide bonds. The summed E-state index contributed by atoms with van der Waals surface area (Å²) < 4.78 is 1.99. The molecule has 120 valence electrons. The third-order valence-corrected chi connectivity index (χ3v) is 4.58. The van der Waals surface area contributed by atoms with Crippen LogP contribution in [0, 0.1) is 6.92 Å². The predicted molar refractivity (Wildman–Crippen MR) is 92.3 cm³/mol. The van der Waals surface area contributed by atoms with Gasteiger partial charge in [0.05, 0.1) is 5.75 Å². The summed E-state index contributed by atoms with van der Waals surface area (Å²) in [6, 6.07) is 8.56. The van der Waals surface area contributed by atoms with Crippen LogP contribution in [0.5, 0.6) is 0 Å². The van der Waals surface area contributed by atoms with Crippen molar-refractivity contribution in [1.29, 1.82) is 0 Å². The van der Waals surface area contributed by atoms with Crippen LogP contribution in [0.2, 0.25) is 0 Å². The van der Waals surface area contributed by atoms with E-state index >= 15 is 0 Å². The molecule has 1 aliphatic carbocycles. The van der Waals surface area contributed by atoms with Gasteiger partial charge in [0.25, 0.3) is 0 Å². The van der Waals surface area contributed by atoms with E-state index < -0.39 is 0 Å². The van der Waals surface area contributed by atoms with E-state index in [1.807, 2.05) is 22.8 Å². The summed E-state index contributed by atoms with van der Waals surface area (Å²) in [4.78, 5) is 11.8. The monoisotopic (exact) mass is 328 g/mol. The maximum Gasteiger partial charge on any atom is 0.230 e. The number of carbonyl (C=O) groups is 1. The van der Waals surface area contributed by atoms with Crippen molar-refractivity contribution >= 4 is 17.7 Å². The molecule has 2 aromatic rings. The van der Waals surface area contributed by atoms with Gasteiger partial charge in [0.15, 0.2) is 11.0 Å². The first-order valence-corrected chi connectivity index (χ1v) is 8.69. The van der Waals surface area contributed by atoms with Crippen LogP contribution in [0.3, 0.4) is 0 Å². The zero-order chi connectivity index (χ0) is 16.2. The zero-order valence-corrected chi connectivity index (χ0v) is 14.0. The van der Waals surface area contributed by atoms with Gasteiger partial charge in [-0.2, -0.15) is 0 Å². The van der Waals surface area contributed by atoms with Crippen LogP contribution in [0.1, 0.15) is 18.4 Å². The minimum atomic E-state index is 0.0579. The van der Waals surface area contributed by atoms with Gasteiger partial charge < -0.3 is 5.32 Å². The van der Waals surface area contributed by atoms with Crippen LogP contribution in [0.15, 0.2) is 42.1 Å². The standard InChI is InChI=1S/C17H20N4OS/c1-3-10-21-16(13-6-4-12(2)5-7-13)19-20-17(21)23-11-15(22)18-14-8-9-14/h3-7,14H,1,8-11H2,2H3,(H,18,22). The molecule has 0 saturated heterocycles. The third kappa shape index (κ3) is 4.01. The van der Waals surface area contributed by atoms with Crippen LogP contribution in [0.4, 0.5) is 0 Å². The maximum atomic E-state index is 11.8. The van der Waals surface area contributed by atoms with Gasteiger partial charge in [-0.25, -0.2) is 0 Å². The molecule has 1 saturated carbocycles. The summed E-state index contributed by atoms with van der Waals surface area (Å²) in [5, 5.41) is 12.3. The Labute approximate surface area is 140 Å². The molecule has 0 spiro atoms. The Kier molecular flexibility index (Phi) is 4.81. The summed E-state index contributed by atoms with van der Waals surface area (Å²) >= 11 is 1.41. The summed E-state index contributed by atoms with van der Waals surface area (Å²) in [5.41, 5.74) is 2.22. The lowest BCUT2D eigenvalue weighted by Gasteiger charge is -2.08. The first-order valence-electron chi connectivity index (χ1n) is 7.70. The number of nitrogens with zero attached hydrogens (tertiary/aromatic N) is 3. The number of aryl methyl sites for hydroxylation is 1. The van der Waals surface area contributed by atoms with Crippen LogP contribution in [-0.2, 0) is 11.3 Å². The van der Waals surface area contributed by atoms with Gasteiger partial charge in [-0.05, 0) is 19.8 Å². The Balaban J connectivity index is 1.75. The van der Waals surface area contributed by atoms with E-state index in [2.05, 4.69) is 41.1 Å². The van der Waals surface area contributed by atoms with E-state index in [4.69, 9.17) is 0 Å². The highest BCUT2D eigenvalue weighted by Gasteiger charge is 2.23. The van der Waals surface area contributed by atoms with Crippen molar-refractivity contribution in [2.45, 2.75) is 37.5 Å². The summed E-state index contributed by atoms with van der Waals surface area (Å²) in [5.74, 6) is 1.22. The number of nitrogens with one attached hydrogen (secondary N) is 1. The van der Waals surface area contributed by atoms with Crippen molar-refractivity contribution < 1.29 is 4.79 Å². The van der Waals surface area contributed by atoms with Gasteiger partial charge in [-0.1, -0.05) is 47.7 Å². The molecule has 3 rings (SSSR count). The lowest BCUT2D eigenvalue weighted by atomic mass is 10.1. The zero-order valence-electron chi connectivity index (χ0n) is 13.2. The van der Waals surface area contributed by atoms with Gasteiger partial charge in [-0.15, -0.1) is 16.8 Å². The smallest absolute Gasteiger partial charge is 0.230 e. The molecular formula is C17H20N4OS. The molecule has 1 aromatic carbocycles. The molecule has 23 heavy (non-hydrogen) atoms. The van der Waals surface area contributed by atoms with Gasteiger partial charge in [0.1, 0.15) is 0 Å². The van der Waals surface area contributed by atoms with Crippen molar-refractivity contribution in [2.75, 3.05) is 5.75 Å². The van der Waals surface area contributed by atoms with Crippen molar-refractivity contribution in [3.8, 4) is 11.4 Å². The number of hydrogen-bond donors (Lipinski definition) is 1. The van der Waals surface area contributed by atoms with E-state index in [9.17, 15) is 4.79 Å². The minimum Gasteiger partial charge on any atom is -0.353 e. The number of allylic oxidation sites excluding steroid dienone is 1. The predicted octanol–water partition coefficient (Wildman–Crippen LogP) is 2.81. The Morgan fingerprint density at radius 1 is 1.39 bits per heavy atom. The lowest BCUT2D eigenvalue weighted by molar-refractivity contribution is -0.118. The average molecular weight is 328 g/mol. The molecule has 0 bridgehead atoms. The number of aromatic nitrogens is 3. The molecule has 5 nitrogen and oxygen atoms in total. The maximum absolute atomic E-state index is 11.8. The van der Waals surface area contributed by atoms with Crippen molar-refractivity contribution in [2.24, 2.45) is 0 Å². The van der Waals surface area contributed by atoms with E-state index in [1.54, 1.807) is 0 Å². The number of carbonyl (C=O) groups excluding carboxylic acids is 1. The van der Waals surface area contributed by atoms with E-state index in [0.29, 0.717) is 18.3 Å². The van der Waals surface area contributed by atoms with Crippen LogP contribution < -0.4 is 5.32 Å². The van der Waals surface area contributed by atoms with E-state index in [1.165, 1.54) is 17.3 Å². The second kappa shape index (κ2) is 7.00. The molecule has 1 N–H and O–H groups in total. The van der Waals surface area contributed by atoms with Crippen LogP contribution in [-0.4, -0.2) is 32.5 Å². The molecular weight excluding hydrogens is 308 g/mol. The number of benzene rings is 1. The quantitative estimate of drug-likeness (QED) is 0.627. The first kappa shape index (κ1) is 15.8. The van der Waals surface area contributed by atoms with Crippen molar-refractivity contribution in [1.82, 2.24) is 20.1 Å². The summed E-state index contributed by atoms with van der Waals surface area (Å²) in [7, 11) is 0. The fourth-order valence-electron chi connectivity index (χ4n) is 2.23. The molecule has 0 unspecified atom stereocenters. The van der Waals surface area contributed by atoms with Crippen LogP contribution in [0.25, 0.3) is 11.4 Å². The van der Waals surface area contributed by atoms with Crippen LogP contribution >= 0.6 is 11.8 Å². The highest BCUT2D eigenvalue weighted by atomic mass is 32.2. The number of rotatable bonds is 7. The van der Waals surface area contributed by atoms with E-state index in [0.717, 1.165) is 29.4 Å². The van der Waals surface area contributed by atoms with E-state index in [-0.39, 0.29) is 5.91 Å². The number of thioether (sulfide) groups is 1. The molecule has 0 aliphatic heterocycles. The Bertz CT molecular complexity index is 704. The minimum absolute atomic E-state index is 0.0579. The summed E-state index contributed by atoms with van der Waals surface area (Å²) in [6.45, 7) is 6.47. The number of hydrogen-bond acceptors (Lipinski definition) is 4. The first-order chi connectivity index (χ1) is 11.2. The Morgan fingerprint density at radius 3 is 2.78 bits per heavy atom. The van der Waals surface area contributed by atoms with Gasteiger partial charge >= 0.3 is 0 Å².